The number of hydrogen-bond acceptors (Lipinski definition) is 1. The Morgan fingerprint density at radius 2 is 1.32 bits per heavy atom. The van der Waals surface area contributed by atoms with Crippen LogP contribution in [0, 0.1) is 13.8 Å². The van der Waals surface area contributed by atoms with Gasteiger partial charge in [0, 0.05) is 31.7 Å². The lowest BCUT2D eigenvalue weighted by atomic mass is 9.94. The summed E-state index contributed by atoms with van der Waals surface area (Å²) in [5, 5.41) is 3.34. The summed E-state index contributed by atoms with van der Waals surface area (Å²) in [5.41, 5.74) is 10.9. The minimum Gasteiger partial charge on any atom is -0.454 e. The van der Waals surface area contributed by atoms with E-state index < -0.39 is 14.9 Å². The molecule has 0 fully saturated rings. The molecule has 0 spiro atoms. The minimum atomic E-state index is -2.29. The maximum Gasteiger partial charge on any atom is 0.216 e. The number of aryl methyl sites for hydroxylation is 3. The molecule has 0 amide bonds. The van der Waals surface area contributed by atoms with E-state index in [0.29, 0.717) is 5.56 Å². The van der Waals surface area contributed by atoms with Crippen LogP contribution in [0.2, 0.25) is 19.6 Å². The molecular formula is C41H38NOSi+. The van der Waals surface area contributed by atoms with Gasteiger partial charge in [-0.05, 0) is 52.7 Å². The molecule has 0 atom stereocenters. The molecule has 2 nitrogen and oxygen atoms in total. The quantitative estimate of drug-likeness (QED) is 0.144. The normalized spacial score (nSPS) is 13.2. The van der Waals surface area contributed by atoms with E-state index in [-0.39, 0.29) is 0 Å². The number of pyridine rings is 1. The van der Waals surface area contributed by atoms with Crippen molar-refractivity contribution < 1.29 is 13.1 Å². The molecule has 5 aromatic carbocycles. The predicted molar refractivity (Wildman–Crippen MR) is 189 cm³/mol. The van der Waals surface area contributed by atoms with Gasteiger partial charge in [-0.1, -0.05) is 129 Å². The molecule has 0 bridgehead atoms. The summed E-state index contributed by atoms with van der Waals surface area (Å²) in [4.78, 5) is 0. The van der Waals surface area contributed by atoms with Crippen molar-refractivity contribution >= 4 is 35.2 Å². The first kappa shape index (κ1) is 24.7. The number of rotatable bonds is 5. The fraction of sp³-hybridized carbons (Fsp3) is 0.146. The summed E-state index contributed by atoms with van der Waals surface area (Å²) in [5.74, 6) is 0. The fourth-order valence-corrected chi connectivity index (χ4v) is 8.03. The second-order valence-electron chi connectivity index (χ2n) is 12.8. The van der Waals surface area contributed by atoms with Crippen molar-refractivity contribution in [2.45, 2.75) is 33.4 Å². The molecule has 0 aliphatic rings. The predicted octanol–water partition coefficient (Wildman–Crippen LogP) is 10.2. The van der Waals surface area contributed by atoms with Crippen molar-refractivity contribution in [1.82, 2.24) is 0 Å². The molecule has 216 valence electrons. The summed E-state index contributed by atoms with van der Waals surface area (Å²) >= 11 is 0. The van der Waals surface area contributed by atoms with Gasteiger partial charge in [-0.2, -0.15) is 0 Å². The first-order chi connectivity index (χ1) is 22.4. The SMILES string of the molecule is [2H]C([2H])([2H])c1cc(-c2ccccc2)ccc1-c1cc(-c2c(C)ccc3c2oc2c(-c4ccccc4)cccc23)[n+](C)cc1[Si](C)(C)C. The van der Waals surface area contributed by atoms with Gasteiger partial charge in [-0.15, -0.1) is 0 Å². The first-order valence-corrected chi connectivity index (χ1v) is 18.7. The van der Waals surface area contributed by atoms with Crippen molar-refractivity contribution in [2.75, 3.05) is 0 Å². The highest BCUT2D eigenvalue weighted by atomic mass is 28.3. The summed E-state index contributed by atoms with van der Waals surface area (Å²) in [7, 11) is 0.144. The van der Waals surface area contributed by atoms with Crippen LogP contribution in [0.5, 0.6) is 0 Å². The van der Waals surface area contributed by atoms with Crippen LogP contribution in [0.4, 0.5) is 0 Å². The van der Waals surface area contributed by atoms with Crippen LogP contribution < -0.4 is 9.75 Å². The van der Waals surface area contributed by atoms with Gasteiger partial charge in [0.1, 0.15) is 18.2 Å². The number of hydrogen-bond donors (Lipinski definition) is 0. The van der Waals surface area contributed by atoms with Crippen LogP contribution in [-0.4, -0.2) is 8.07 Å². The van der Waals surface area contributed by atoms with Crippen molar-refractivity contribution in [2.24, 2.45) is 7.05 Å². The Bertz CT molecular complexity index is 2280. The van der Waals surface area contributed by atoms with Gasteiger partial charge in [-0.25, -0.2) is 4.57 Å². The number of aromatic nitrogens is 1. The van der Waals surface area contributed by atoms with Gasteiger partial charge >= 0.3 is 0 Å². The summed E-state index contributed by atoms with van der Waals surface area (Å²) in [6, 6.07) is 39.1. The third kappa shape index (κ3) is 4.78. The Hall–Kier alpha value is -4.73. The van der Waals surface area contributed by atoms with E-state index in [0.717, 1.165) is 72.1 Å². The number of fused-ring (bicyclic) bond motifs is 3. The van der Waals surface area contributed by atoms with Crippen molar-refractivity contribution in [3.05, 3.63) is 133 Å². The molecule has 44 heavy (non-hydrogen) atoms. The fourth-order valence-electron chi connectivity index (χ4n) is 6.43. The van der Waals surface area contributed by atoms with Crippen LogP contribution in [0.1, 0.15) is 15.2 Å². The highest BCUT2D eigenvalue weighted by Gasteiger charge is 2.29. The van der Waals surface area contributed by atoms with Gasteiger partial charge in [0.2, 0.25) is 5.69 Å². The number of furan rings is 1. The number of para-hydroxylation sites is 1. The summed E-state index contributed by atoms with van der Waals surface area (Å²) in [6.07, 6.45) is 2.22. The lowest BCUT2D eigenvalue weighted by Crippen LogP contribution is -2.46. The summed E-state index contributed by atoms with van der Waals surface area (Å²) in [6.45, 7) is 6.77. The standard InChI is InChI=1S/C41H38NOSi/c1-27-20-22-35-34-19-13-18-33(30-16-11-8-12-17-30)40(34)43-41(35)39(27)37-25-36(38(26-42(37)3)44(4,5)6)32-23-21-31(24-28(32)2)29-14-9-7-10-15-29/h7-26H,1-6H3/q+1/i2D3. The molecule has 7 rings (SSSR count). The molecule has 2 heterocycles. The largest absolute Gasteiger partial charge is 0.454 e. The molecule has 3 heteroatoms. The molecule has 0 unspecified atom stereocenters. The Morgan fingerprint density at radius 3 is 2.02 bits per heavy atom. The van der Waals surface area contributed by atoms with E-state index in [1.54, 1.807) is 0 Å². The van der Waals surface area contributed by atoms with Crippen molar-refractivity contribution in [1.29, 1.82) is 0 Å². The van der Waals surface area contributed by atoms with Gasteiger partial charge in [0.15, 0.2) is 6.20 Å². The second-order valence-corrected chi connectivity index (χ2v) is 17.8. The molecule has 0 aliphatic carbocycles. The Labute approximate surface area is 265 Å². The summed E-state index contributed by atoms with van der Waals surface area (Å²) < 4.78 is 34.9. The molecule has 0 N–H and O–H groups in total. The monoisotopic (exact) mass is 591 g/mol. The highest BCUT2D eigenvalue weighted by Crippen LogP contribution is 2.41. The molecule has 7 aromatic rings. The number of benzene rings is 5. The maximum absolute atomic E-state index is 8.63. The zero-order valence-electron chi connectivity index (χ0n) is 28.9. The van der Waals surface area contributed by atoms with Crippen LogP contribution in [0.3, 0.4) is 0 Å². The first-order valence-electron chi connectivity index (χ1n) is 16.7. The topological polar surface area (TPSA) is 17.0 Å². The van der Waals surface area contributed by atoms with E-state index in [1.807, 2.05) is 60.7 Å². The maximum atomic E-state index is 8.63. The average Bonchev–Trinajstić information content (AvgIpc) is 3.43. The molecular weight excluding hydrogens is 551 g/mol. The van der Waals surface area contributed by atoms with Crippen LogP contribution in [0.15, 0.2) is 126 Å². The van der Waals surface area contributed by atoms with E-state index in [1.165, 1.54) is 5.19 Å². The van der Waals surface area contributed by atoms with Crippen LogP contribution in [-0.2, 0) is 7.05 Å². The molecule has 0 saturated carbocycles. The van der Waals surface area contributed by atoms with Gasteiger partial charge in [-0.3, -0.25) is 0 Å². The van der Waals surface area contributed by atoms with Gasteiger partial charge in [0.05, 0.1) is 13.6 Å². The molecule has 0 saturated heterocycles. The van der Waals surface area contributed by atoms with Crippen LogP contribution in [0.25, 0.3) is 66.6 Å². The van der Waals surface area contributed by atoms with Crippen molar-refractivity contribution in [3.63, 3.8) is 0 Å². The zero-order chi connectivity index (χ0) is 33.1. The highest BCUT2D eigenvalue weighted by molar-refractivity contribution is 6.89. The van der Waals surface area contributed by atoms with Gasteiger partial charge < -0.3 is 4.42 Å². The number of nitrogens with zero attached hydrogens (tertiary/aromatic N) is 1. The third-order valence-electron chi connectivity index (χ3n) is 8.72. The smallest absolute Gasteiger partial charge is 0.216 e. The zero-order valence-corrected chi connectivity index (χ0v) is 26.9. The van der Waals surface area contributed by atoms with Crippen molar-refractivity contribution in [3.8, 4) is 44.6 Å². The van der Waals surface area contributed by atoms with E-state index in [2.05, 4.69) is 99.0 Å². The second kappa shape index (κ2) is 10.8. The molecule has 0 aliphatic heterocycles. The lowest BCUT2D eigenvalue weighted by molar-refractivity contribution is -0.659. The Morgan fingerprint density at radius 1 is 0.614 bits per heavy atom. The van der Waals surface area contributed by atoms with E-state index in [9.17, 15) is 0 Å². The Balaban J connectivity index is 1.51. The Kier molecular flexibility index (Phi) is 6.04. The van der Waals surface area contributed by atoms with E-state index >= 15 is 0 Å². The third-order valence-corrected chi connectivity index (χ3v) is 10.7. The van der Waals surface area contributed by atoms with E-state index in [4.69, 9.17) is 8.53 Å². The molecule has 2 aromatic heterocycles. The van der Waals surface area contributed by atoms with Crippen LogP contribution >= 0.6 is 0 Å². The lowest BCUT2D eigenvalue weighted by Gasteiger charge is -2.22. The molecule has 0 radical (unpaired) electrons. The van der Waals surface area contributed by atoms with Gasteiger partial charge in [0.25, 0.3) is 0 Å². The minimum absolute atomic E-state index is 0.365. The average molecular weight is 592 g/mol.